The van der Waals surface area contributed by atoms with Crippen LogP contribution in [0.4, 0.5) is 8.78 Å². The second-order valence-corrected chi connectivity index (χ2v) is 4.05. The molecule has 0 unspecified atom stereocenters. The zero-order valence-electron chi connectivity index (χ0n) is 10.5. The van der Waals surface area contributed by atoms with Crippen LogP contribution in [-0.2, 0) is 13.2 Å². The van der Waals surface area contributed by atoms with Crippen LogP contribution < -0.4 is 10.1 Å². The highest BCUT2D eigenvalue weighted by Gasteiger charge is 2.05. The lowest BCUT2D eigenvalue weighted by atomic mass is 10.2. The fourth-order valence-corrected chi connectivity index (χ4v) is 1.59. The Kier molecular flexibility index (Phi) is 4.41. The monoisotopic (exact) mass is 264 g/mol. The predicted molar refractivity (Wildman–Crippen MR) is 67.7 cm³/mol. The highest BCUT2D eigenvalue weighted by Crippen LogP contribution is 2.19. The molecule has 3 nitrogen and oxygen atoms in total. The van der Waals surface area contributed by atoms with Crippen molar-refractivity contribution < 1.29 is 13.5 Å². The van der Waals surface area contributed by atoms with Crippen molar-refractivity contribution in [3.8, 4) is 5.75 Å². The summed E-state index contributed by atoms with van der Waals surface area (Å²) in [7, 11) is 1.85. The van der Waals surface area contributed by atoms with E-state index in [4.69, 9.17) is 4.74 Å². The van der Waals surface area contributed by atoms with Gasteiger partial charge < -0.3 is 10.1 Å². The van der Waals surface area contributed by atoms with Gasteiger partial charge in [0.2, 0.25) is 0 Å². The highest BCUT2D eigenvalue weighted by molar-refractivity contribution is 5.25. The summed E-state index contributed by atoms with van der Waals surface area (Å²) in [5.74, 6) is -1.23. The largest absolute Gasteiger partial charge is 0.484 e. The number of hydrogen-bond acceptors (Lipinski definition) is 3. The van der Waals surface area contributed by atoms with E-state index in [1.807, 2.05) is 13.1 Å². The molecule has 0 radical (unpaired) electrons. The normalized spacial score (nSPS) is 10.5. The molecule has 0 spiro atoms. The fourth-order valence-electron chi connectivity index (χ4n) is 1.59. The van der Waals surface area contributed by atoms with Gasteiger partial charge in [0, 0.05) is 18.8 Å². The molecule has 1 heterocycles. The molecule has 0 aliphatic carbocycles. The molecule has 1 N–H and O–H groups in total. The number of ether oxygens (including phenoxy) is 1. The summed E-state index contributed by atoms with van der Waals surface area (Å²) in [5.41, 5.74) is 1.70. The van der Waals surface area contributed by atoms with Crippen LogP contribution >= 0.6 is 0 Å². The van der Waals surface area contributed by atoms with Gasteiger partial charge in [-0.3, -0.25) is 4.98 Å². The molecule has 2 aromatic rings. The summed E-state index contributed by atoms with van der Waals surface area (Å²) in [5, 5.41) is 3.01. The maximum absolute atomic E-state index is 13.3. The summed E-state index contributed by atoms with van der Waals surface area (Å²) in [6.45, 7) is 0.826. The van der Waals surface area contributed by atoms with E-state index < -0.39 is 11.6 Å². The van der Waals surface area contributed by atoms with Crippen LogP contribution in [0.3, 0.4) is 0 Å². The molecule has 0 fully saturated rings. The van der Waals surface area contributed by atoms with Gasteiger partial charge in [-0.15, -0.1) is 0 Å². The quantitative estimate of drug-likeness (QED) is 0.901. The van der Waals surface area contributed by atoms with Crippen LogP contribution in [0.5, 0.6) is 5.75 Å². The van der Waals surface area contributed by atoms with Crippen molar-refractivity contribution in [3.63, 3.8) is 0 Å². The molecular formula is C14H14F2N2O. The minimum absolute atomic E-state index is 0.0974. The zero-order valence-corrected chi connectivity index (χ0v) is 10.5. The second kappa shape index (κ2) is 6.24. The maximum atomic E-state index is 13.3. The lowest BCUT2D eigenvalue weighted by Crippen LogP contribution is -2.06. The number of hydrogen-bond donors (Lipinski definition) is 1. The van der Waals surface area contributed by atoms with Gasteiger partial charge in [0.15, 0.2) is 11.6 Å². The van der Waals surface area contributed by atoms with Gasteiger partial charge >= 0.3 is 0 Å². The molecule has 0 amide bonds. The minimum atomic E-state index is -0.590. The Hall–Kier alpha value is -2.01. The summed E-state index contributed by atoms with van der Waals surface area (Å²) in [6, 6.07) is 6.81. The van der Waals surface area contributed by atoms with E-state index in [2.05, 4.69) is 10.3 Å². The van der Waals surface area contributed by atoms with Crippen LogP contribution in [0.25, 0.3) is 0 Å². The summed E-state index contributed by atoms with van der Waals surface area (Å²) < 4.78 is 31.5. The number of pyridine rings is 1. The van der Waals surface area contributed by atoms with Gasteiger partial charge in [0.25, 0.3) is 0 Å². The fraction of sp³-hybridized carbons (Fsp3) is 0.214. The van der Waals surface area contributed by atoms with E-state index in [-0.39, 0.29) is 12.4 Å². The molecule has 0 aliphatic rings. The molecule has 0 bridgehead atoms. The molecule has 1 aromatic heterocycles. The number of nitrogens with zero attached hydrogens (tertiary/aromatic N) is 1. The molecule has 1 aromatic carbocycles. The van der Waals surface area contributed by atoms with Crippen LogP contribution in [0.2, 0.25) is 0 Å². The number of benzene rings is 1. The van der Waals surface area contributed by atoms with Crippen LogP contribution in [-0.4, -0.2) is 12.0 Å². The van der Waals surface area contributed by atoms with Gasteiger partial charge in [-0.25, -0.2) is 8.78 Å². The van der Waals surface area contributed by atoms with Crippen molar-refractivity contribution in [1.82, 2.24) is 10.3 Å². The van der Waals surface area contributed by atoms with E-state index in [0.29, 0.717) is 5.69 Å². The molecular weight excluding hydrogens is 250 g/mol. The summed E-state index contributed by atoms with van der Waals surface area (Å²) in [6.07, 6.45) is 1.72. The third kappa shape index (κ3) is 3.72. The van der Waals surface area contributed by atoms with Crippen LogP contribution in [0.1, 0.15) is 11.3 Å². The Labute approximate surface area is 110 Å². The van der Waals surface area contributed by atoms with Gasteiger partial charge in [-0.05, 0) is 30.8 Å². The van der Waals surface area contributed by atoms with E-state index in [1.165, 1.54) is 0 Å². The lowest BCUT2D eigenvalue weighted by molar-refractivity contribution is 0.284. The molecule has 0 atom stereocenters. The first-order valence-electron chi connectivity index (χ1n) is 5.85. The molecule has 0 aliphatic heterocycles. The molecule has 2 rings (SSSR count). The molecule has 19 heavy (non-hydrogen) atoms. The number of rotatable bonds is 5. The van der Waals surface area contributed by atoms with Gasteiger partial charge in [-0.1, -0.05) is 6.07 Å². The van der Waals surface area contributed by atoms with Crippen molar-refractivity contribution in [2.75, 3.05) is 7.05 Å². The third-order valence-electron chi connectivity index (χ3n) is 2.54. The van der Waals surface area contributed by atoms with Gasteiger partial charge in [-0.2, -0.15) is 0 Å². The first kappa shape index (κ1) is 13.4. The Balaban J connectivity index is 2.00. The first-order valence-corrected chi connectivity index (χ1v) is 5.85. The van der Waals surface area contributed by atoms with E-state index >= 15 is 0 Å². The van der Waals surface area contributed by atoms with Crippen molar-refractivity contribution in [3.05, 3.63) is 59.4 Å². The van der Waals surface area contributed by atoms with E-state index in [9.17, 15) is 8.78 Å². The van der Waals surface area contributed by atoms with Crippen molar-refractivity contribution in [2.45, 2.75) is 13.2 Å². The number of aromatic nitrogens is 1. The van der Waals surface area contributed by atoms with Crippen LogP contribution in [0, 0.1) is 11.6 Å². The molecule has 0 saturated carbocycles. The van der Waals surface area contributed by atoms with Gasteiger partial charge in [0.1, 0.15) is 12.4 Å². The molecule has 100 valence electrons. The smallest absolute Gasteiger partial charge is 0.165 e. The highest BCUT2D eigenvalue weighted by atomic mass is 19.1. The Morgan fingerprint density at radius 2 is 2.05 bits per heavy atom. The standard InChI is InChI=1S/C14H14F2N2O/c1-17-7-10-2-4-12(18-8-10)9-19-14-6-11(15)3-5-13(14)16/h2-6,8,17H,7,9H2,1H3. The van der Waals surface area contributed by atoms with Crippen molar-refractivity contribution in [2.24, 2.45) is 0 Å². The van der Waals surface area contributed by atoms with Crippen molar-refractivity contribution in [1.29, 1.82) is 0 Å². The van der Waals surface area contributed by atoms with E-state index in [0.717, 1.165) is 30.3 Å². The second-order valence-electron chi connectivity index (χ2n) is 4.05. The average molecular weight is 264 g/mol. The Morgan fingerprint density at radius 1 is 1.21 bits per heavy atom. The Morgan fingerprint density at radius 3 is 2.74 bits per heavy atom. The lowest BCUT2D eigenvalue weighted by Gasteiger charge is -2.07. The first-order chi connectivity index (χ1) is 9.19. The summed E-state index contributed by atoms with van der Waals surface area (Å²) >= 11 is 0. The average Bonchev–Trinajstić information content (AvgIpc) is 2.42. The molecule has 0 saturated heterocycles. The minimum Gasteiger partial charge on any atom is -0.484 e. The topological polar surface area (TPSA) is 34.1 Å². The Bertz CT molecular complexity index is 544. The third-order valence-corrected chi connectivity index (χ3v) is 2.54. The summed E-state index contributed by atoms with van der Waals surface area (Å²) in [4.78, 5) is 4.18. The SMILES string of the molecule is CNCc1ccc(COc2cc(F)ccc2F)nc1. The van der Waals surface area contributed by atoms with Crippen LogP contribution in [0.15, 0.2) is 36.5 Å². The zero-order chi connectivity index (χ0) is 13.7. The number of halogens is 2. The van der Waals surface area contributed by atoms with Gasteiger partial charge in [0.05, 0.1) is 5.69 Å². The van der Waals surface area contributed by atoms with Crippen molar-refractivity contribution >= 4 is 0 Å². The predicted octanol–water partition coefficient (Wildman–Crippen LogP) is 2.66. The number of nitrogens with one attached hydrogen (secondary N) is 1. The maximum Gasteiger partial charge on any atom is 0.165 e. The molecule has 5 heteroatoms. The van der Waals surface area contributed by atoms with E-state index in [1.54, 1.807) is 12.3 Å².